The molecular formula is C26H38N2O2S. The van der Waals surface area contributed by atoms with Crippen LogP contribution in [0, 0.1) is 6.92 Å². The van der Waals surface area contributed by atoms with Crippen molar-refractivity contribution < 1.29 is 9.59 Å². The van der Waals surface area contributed by atoms with Gasteiger partial charge >= 0.3 is 0 Å². The first-order valence-corrected chi connectivity index (χ1v) is 12.6. The van der Waals surface area contributed by atoms with Gasteiger partial charge in [0.1, 0.15) is 0 Å². The van der Waals surface area contributed by atoms with Crippen LogP contribution in [0.4, 0.5) is 0 Å². The summed E-state index contributed by atoms with van der Waals surface area (Å²) in [6, 6.07) is 12.2. The van der Waals surface area contributed by atoms with Gasteiger partial charge in [-0.05, 0) is 42.3 Å². The van der Waals surface area contributed by atoms with Gasteiger partial charge in [0.15, 0.2) is 0 Å². The molecule has 0 aliphatic carbocycles. The fourth-order valence-electron chi connectivity index (χ4n) is 3.64. The topological polar surface area (TPSA) is 40.6 Å². The molecule has 2 aromatic rings. The first kappa shape index (κ1) is 25.1. The van der Waals surface area contributed by atoms with Crippen molar-refractivity contribution in [2.75, 3.05) is 13.1 Å². The van der Waals surface area contributed by atoms with Crippen molar-refractivity contribution in [1.82, 2.24) is 9.80 Å². The summed E-state index contributed by atoms with van der Waals surface area (Å²) in [4.78, 5) is 31.0. The number of unbranched alkanes of at least 4 members (excludes halogenated alkanes) is 4. The fraction of sp³-hybridized carbons (Fsp3) is 0.538. The Balaban J connectivity index is 2.04. The summed E-state index contributed by atoms with van der Waals surface area (Å²) < 4.78 is 0. The summed E-state index contributed by atoms with van der Waals surface area (Å²) in [6.07, 6.45) is 7.01. The van der Waals surface area contributed by atoms with E-state index in [1.54, 1.807) is 16.2 Å². The number of carbonyl (C=O) groups is 2. The van der Waals surface area contributed by atoms with Crippen LogP contribution in [0.1, 0.15) is 74.8 Å². The molecule has 0 fully saturated rings. The van der Waals surface area contributed by atoms with Crippen molar-refractivity contribution in [2.45, 2.75) is 78.8 Å². The Bertz CT molecular complexity index is 788. The predicted molar refractivity (Wildman–Crippen MR) is 130 cm³/mol. The molecule has 0 N–H and O–H groups in total. The molecular weight excluding hydrogens is 404 g/mol. The Labute approximate surface area is 192 Å². The van der Waals surface area contributed by atoms with Crippen molar-refractivity contribution >= 4 is 23.2 Å². The highest BCUT2D eigenvalue weighted by atomic mass is 32.1. The summed E-state index contributed by atoms with van der Waals surface area (Å²) in [6.45, 7) is 8.28. The second-order valence-electron chi connectivity index (χ2n) is 8.24. The zero-order valence-electron chi connectivity index (χ0n) is 19.4. The van der Waals surface area contributed by atoms with Crippen LogP contribution in [0.5, 0.6) is 0 Å². The quantitative estimate of drug-likeness (QED) is 0.328. The van der Waals surface area contributed by atoms with Crippen molar-refractivity contribution in [1.29, 1.82) is 0 Å². The van der Waals surface area contributed by atoms with E-state index in [2.05, 4.69) is 32.2 Å². The lowest BCUT2D eigenvalue weighted by Gasteiger charge is -2.28. The first-order chi connectivity index (χ1) is 15.0. The zero-order valence-corrected chi connectivity index (χ0v) is 20.3. The predicted octanol–water partition coefficient (Wildman–Crippen LogP) is 6.18. The molecule has 2 rings (SSSR count). The van der Waals surface area contributed by atoms with Gasteiger partial charge in [0.25, 0.3) is 0 Å². The Kier molecular flexibility index (Phi) is 11.4. The standard InChI is InChI=1S/C26H38N2O2S/c1-4-6-7-8-12-15-25(29)27(17-5-2)21-26(30)28(19-23-13-10-9-11-14-23)20-24-22(3)16-18-31-24/h9-11,13-14,16,18H,4-8,12,15,17,19-21H2,1-3H3. The summed E-state index contributed by atoms with van der Waals surface area (Å²) in [5.74, 6) is 0.128. The number of thiophene rings is 1. The number of hydrogen-bond acceptors (Lipinski definition) is 3. The lowest BCUT2D eigenvalue weighted by atomic mass is 10.1. The number of rotatable bonds is 14. The van der Waals surface area contributed by atoms with E-state index in [4.69, 9.17) is 0 Å². The van der Waals surface area contributed by atoms with E-state index in [1.165, 1.54) is 29.7 Å². The number of amides is 2. The molecule has 0 bridgehead atoms. The highest BCUT2D eigenvalue weighted by molar-refractivity contribution is 7.10. The molecule has 5 heteroatoms. The largest absolute Gasteiger partial charge is 0.333 e. The van der Waals surface area contributed by atoms with Gasteiger partial charge in [-0.3, -0.25) is 9.59 Å². The minimum absolute atomic E-state index is 0.0180. The molecule has 31 heavy (non-hydrogen) atoms. The molecule has 0 unspecified atom stereocenters. The average molecular weight is 443 g/mol. The molecule has 0 aliphatic heterocycles. The minimum Gasteiger partial charge on any atom is -0.333 e. The first-order valence-electron chi connectivity index (χ1n) is 11.7. The van der Waals surface area contributed by atoms with Crippen LogP contribution in [0.15, 0.2) is 41.8 Å². The highest BCUT2D eigenvalue weighted by Gasteiger charge is 2.22. The second-order valence-corrected chi connectivity index (χ2v) is 9.24. The fourth-order valence-corrected chi connectivity index (χ4v) is 4.56. The molecule has 1 aromatic heterocycles. The molecule has 1 heterocycles. The molecule has 2 amide bonds. The lowest BCUT2D eigenvalue weighted by molar-refractivity contribution is -0.141. The Morgan fingerprint density at radius 3 is 2.23 bits per heavy atom. The van der Waals surface area contributed by atoms with Gasteiger partial charge in [-0.15, -0.1) is 11.3 Å². The molecule has 170 valence electrons. The minimum atomic E-state index is 0.0180. The van der Waals surface area contributed by atoms with Crippen molar-refractivity contribution in [2.24, 2.45) is 0 Å². The third-order valence-corrected chi connectivity index (χ3v) is 6.55. The van der Waals surface area contributed by atoms with Crippen LogP contribution in [-0.4, -0.2) is 34.7 Å². The third kappa shape index (κ3) is 8.86. The average Bonchev–Trinajstić information content (AvgIpc) is 3.17. The Hall–Kier alpha value is -2.14. The Morgan fingerprint density at radius 2 is 1.58 bits per heavy atom. The maximum Gasteiger partial charge on any atom is 0.242 e. The number of nitrogens with zero attached hydrogens (tertiary/aromatic N) is 2. The smallest absolute Gasteiger partial charge is 0.242 e. The maximum absolute atomic E-state index is 13.3. The van der Waals surface area contributed by atoms with Crippen LogP contribution in [0.2, 0.25) is 0 Å². The van der Waals surface area contributed by atoms with Crippen LogP contribution in [0.3, 0.4) is 0 Å². The molecule has 4 nitrogen and oxygen atoms in total. The number of benzene rings is 1. The van der Waals surface area contributed by atoms with E-state index in [-0.39, 0.29) is 18.4 Å². The van der Waals surface area contributed by atoms with Crippen molar-refractivity contribution in [3.05, 3.63) is 57.8 Å². The van der Waals surface area contributed by atoms with E-state index < -0.39 is 0 Å². The van der Waals surface area contributed by atoms with Gasteiger partial charge in [0.2, 0.25) is 11.8 Å². The number of aryl methyl sites for hydroxylation is 1. The van der Waals surface area contributed by atoms with Gasteiger partial charge < -0.3 is 9.80 Å². The van der Waals surface area contributed by atoms with Crippen molar-refractivity contribution in [3.63, 3.8) is 0 Å². The molecule has 0 spiro atoms. The normalized spacial score (nSPS) is 10.8. The van der Waals surface area contributed by atoms with Gasteiger partial charge in [0, 0.05) is 24.4 Å². The van der Waals surface area contributed by atoms with E-state index in [0.29, 0.717) is 26.1 Å². The molecule has 0 saturated heterocycles. The van der Waals surface area contributed by atoms with Crippen LogP contribution in [-0.2, 0) is 22.7 Å². The Morgan fingerprint density at radius 1 is 0.839 bits per heavy atom. The van der Waals surface area contributed by atoms with Crippen LogP contribution >= 0.6 is 11.3 Å². The highest BCUT2D eigenvalue weighted by Crippen LogP contribution is 2.20. The van der Waals surface area contributed by atoms with E-state index >= 15 is 0 Å². The SMILES string of the molecule is CCCCCCCC(=O)N(CCC)CC(=O)N(Cc1ccccc1)Cc1sccc1C. The monoisotopic (exact) mass is 442 g/mol. The molecule has 0 aliphatic rings. The van der Waals surface area contributed by atoms with Gasteiger partial charge in [0.05, 0.1) is 13.1 Å². The summed E-state index contributed by atoms with van der Waals surface area (Å²) >= 11 is 1.68. The summed E-state index contributed by atoms with van der Waals surface area (Å²) in [7, 11) is 0. The number of hydrogen-bond donors (Lipinski definition) is 0. The van der Waals surface area contributed by atoms with E-state index in [9.17, 15) is 9.59 Å². The van der Waals surface area contributed by atoms with Gasteiger partial charge in [-0.1, -0.05) is 69.9 Å². The zero-order chi connectivity index (χ0) is 22.5. The second kappa shape index (κ2) is 14.0. The van der Waals surface area contributed by atoms with Gasteiger partial charge in [-0.2, -0.15) is 0 Å². The lowest BCUT2D eigenvalue weighted by Crippen LogP contribution is -2.42. The molecule has 0 saturated carbocycles. The van der Waals surface area contributed by atoms with Crippen LogP contribution < -0.4 is 0 Å². The van der Waals surface area contributed by atoms with Gasteiger partial charge in [-0.25, -0.2) is 0 Å². The summed E-state index contributed by atoms with van der Waals surface area (Å²) in [5, 5.41) is 2.07. The molecule has 0 radical (unpaired) electrons. The number of carbonyl (C=O) groups excluding carboxylic acids is 2. The van der Waals surface area contributed by atoms with E-state index in [1.807, 2.05) is 35.2 Å². The molecule has 0 atom stereocenters. The maximum atomic E-state index is 13.3. The molecule has 1 aromatic carbocycles. The summed E-state index contributed by atoms with van der Waals surface area (Å²) in [5.41, 5.74) is 2.32. The van der Waals surface area contributed by atoms with Crippen LogP contribution in [0.25, 0.3) is 0 Å². The third-order valence-electron chi connectivity index (χ3n) is 5.54. The van der Waals surface area contributed by atoms with E-state index in [0.717, 1.165) is 24.8 Å². The van der Waals surface area contributed by atoms with Crippen molar-refractivity contribution in [3.8, 4) is 0 Å².